The minimum Gasteiger partial charge on any atom is -0.272 e. The van der Waals surface area contributed by atoms with Crippen LogP contribution in [0.3, 0.4) is 0 Å². The average molecular weight is 178 g/mol. The number of carbonyl (C=O) groups excluding carboxylic acids is 1. The first kappa shape index (κ1) is 10.4. The summed E-state index contributed by atoms with van der Waals surface area (Å²) in [4.78, 5) is 10.8. The first-order valence-electron chi connectivity index (χ1n) is 3.38. The number of hydrogen-bond acceptors (Lipinski definition) is 3. The van der Waals surface area contributed by atoms with Crippen LogP contribution in [0.25, 0.3) is 0 Å². The Balaban J connectivity index is 4.17. The molecule has 0 saturated heterocycles. The minimum atomic E-state index is -3.49. The quantitative estimate of drug-likeness (QED) is 0.616. The highest BCUT2D eigenvalue weighted by Crippen LogP contribution is 1.95. The lowest BCUT2D eigenvalue weighted by Gasteiger charge is -2.02. The molecule has 0 aliphatic heterocycles. The van der Waals surface area contributed by atoms with Gasteiger partial charge in [-0.25, -0.2) is 8.42 Å². The monoisotopic (exact) mass is 178 g/mol. The van der Waals surface area contributed by atoms with Gasteiger partial charge in [0, 0.05) is 5.92 Å². The van der Waals surface area contributed by atoms with Crippen molar-refractivity contribution >= 4 is 15.9 Å². The summed E-state index contributed by atoms with van der Waals surface area (Å²) in [7, 11) is -3.49. The van der Waals surface area contributed by atoms with Gasteiger partial charge in [0.05, 0.1) is 5.75 Å². The van der Waals surface area contributed by atoms with E-state index in [0.717, 1.165) is 0 Å². The third-order valence-corrected chi connectivity index (χ3v) is 2.28. The average Bonchev–Trinajstić information content (AvgIpc) is 1.87. The van der Waals surface area contributed by atoms with Gasteiger partial charge in [-0.3, -0.25) is 4.79 Å². The topological polar surface area (TPSA) is 65.3 Å². The predicted molar refractivity (Wildman–Crippen MR) is 41.4 cm³/mol. The lowest BCUT2D eigenvalue weighted by Crippen LogP contribution is -2.28. The van der Waals surface area contributed by atoms with Crippen LogP contribution in [0.15, 0.2) is 0 Å². The zero-order chi connectivity index (χ0) is 9.07. The molecule has 0 aromatic rings. The van der Waals surface area contributed by atoms with Gasteiger partial charge in [-0.05, 0) is 6.92 Å². The Morgan fingerprint density at radius 3 is 2.18 bits per heavy atom. The van der Waals surface area contributed by atoms with Crippen LogP contribution < -0.4 is 4.72 Å². The molecule has 0 fully saturated rings. The van der Waals surface area contributed by atoms with Crippen LogP contribution in [0.2, 0.25) is 0 Å². The van der Waals surface area contributed by atoms with Crippen molar-refractivity contribution in [3.05, 3.63) is 0 Å². The van der Waals surface area contributed by atoms with Crippen molar-refractivity contribution in [2.75, 3.05) is 5.75 Å². The van der Waals surface area contributed by atoms with E-state index in [-0.39, 0.29) is 11.7 Å². The largest absolute Gasteiger partial charge is 0.272 e. The number of sulfonamides is 1. The molecule has 0 aliphatic rings. The number of nitrogens with zero attached hydrogens (tertiary/aromatic N) is 1. The van der Waals surface area contributed by atoms with Crippen LogP contribution >= 0.6 is 0 Å². The summed E-state index contributed by atoms with van der Waals surface area (Å²) in [5, 5.41) is 0. The van der Waals surface area contributed by atoms with Crippen LogP contribution in [0.1, 0.15) is 20.8 Å². The Kier molecular flexibility index (Phi) is 3.51. The van der Waals surface area contributed by atoms with E-state index < -0.39 is 15.9 Å². The molecule has 4 nitrogen and oxygen atoms in total. The molecule has 0 atom stereocenters. The minimum absolute atomic E-state index is 0.120. The van der Waals surface area contributed by atoms with E-state index in [1.54, 1.807) is 13.8 Å². The molecule has 0 unspecified atom stereocenters. The zero-order valence-corrected chi connectivity index (χ0v) is 7.68. The molecular weight excluding hydrogens is 166 g/mol. The van der Waals surface area contributed by atoms with Crippen molar-refractivity contribution in [2.24, 2.45) is 5.92 Å². The fourth-order valence-electron chi connectivity index (χ4n) is 0.307. The van der Waals surface area contributed by atoms with Gasteiger partial charge in [0.1, 0.15) is 0 Å². The van der Waals surface area contributed by atoms with Crippen LogP contribution in [0.4, 0.5) is 0 Å². The second kappa shape index (κ2) is 3.71. The van der Waals surface area contributed by atoms with Gasteiger partial charge in [0.15, 0.2) is 0 Å². The maximum atomic E-state index is 10.8. The maximum Gasteiger partial charge on any atom is 0.259 e. The van der Waals surface area contributed by atoms with Crippen molar-refractivity contribution in [1.82, 2.24) is 4.72 Å². The number of rotatable bonds is 3. The standard InChI is InChI=1S/C6H12NO3S/c1-4-11(9,10)7-6(8)5(2)3/h5H,4H2,1-3H3. The molecule has 1 amide bonds. The van der Waals surface area contributed by atoms with E-state index in [9.17, 15) is 13.2 Å². The number of carbonyl (C=O) groups is 1. The van der Waals surface area contributed by atoms with Crippen LogP contribution in [0.5, 0.6) is 0 Å². The Morgan fingerprint density at radius 2 is 1.91 bits per heavy atom. The van der Waals surface area contributed by atoms with Gasteiger partial charge < -0.3 is 0 Å². The van der Waals surface area contributed by atoms with Gasteiger partial charge in [-0.1, -0.05) is 13.8 Å². The Morgan fingerprint density at radius 1 is 1.45 bits per heavy atom. The van der Waals surface area contributed by atoms with Crippen molar-refractivity contribution < 1.29 is 13.2 Å². The van der Waals surface area contributed by atoms with Crippen LogP contribution in [0, 0.1) is 5.92 Å². The third-order valence-electron chi connectivity index (χ3n) is 1.09. The first-order valence-corrected chi connectivity index (χ1v) is 4.99. The van der Waals surface area contributed by atoms with Gasteiger partial charge >= 0.3 is 0 Å². The van der Waals surface area contributed by atoms with E-state index in [1.165, 1.54) is 6.92 Å². The van der Waals surface area contributed by atoms with Crippen molar-refractivity contribution in [3.8, 4) is 0 Å². The van der Waals surface area contributed by atoms with E-state index >= 15 is 0 Å². The second-order valence-electron chi connectivity index (χ2n) is 2.45. The summed E-state index contributed by atoms with van der Waals surface area (Å²) in [5.41, 5.74) is 0. The summed E-state index contributed by atoms with van der Waals surface area (Å²) in [6.07, 6.45) is 0. The second-order valence-corrected chi connectivity index (χ2v) is 4.38. The summed E-state index contributed by atoms with van der Waals surface area (Å²) in [5.74, 6) is -1.05. The maximum absolute atomic E-state index is 10.8. The highest BCUT2D eigenvalue weighted by molar-refractivity contribution is 7.89. The summed E-state index contributed by atoms with van der Waals surface area (Å²) in [6, 6.07) is 0. The highest BCUT2D eigenvalue weighted by atomic mass is 32.2. The molecule has 0 aromatic carbocycles. The Bertz CT molecular complexity index is 230. The predicted octanol–water partition coefficient (Wildman–Crippen LogP) is 0.123. The summed E-state index contributed by atoms with van der Waals surface area (Å²) in [6.45, 7) is 4.67. The first-order chi connectivity index (χ1) is 4.89. The van der Waals surface area contributed by atoms with Gasteiger partial charge in [0.2, 0.25) is 0 Å². The number of amides is 1. The molecule has 0 saturated carbocycles. The van der Waals surface area contributed by atoms with E-state index in [1.807, 2.05) is 0 Å². The van der Waals surface area contributed by atoms with Gasteiger partial charge in [-0.15, -0.1) is 4.72 Å². The zero-order valence-electron chi connectivity index (χ0n) is 6.86. The smallest absolute Gasteiger partial charge is 0.259 e. The Labute approximate surface area is 67.0 Å². The third kappa shape index (κ3) is 3.98. The summed E-state index contributed by atoms with van der Waals surface area (Å²) < 4.78 is 24.5. The number of hydrogen-bond donors (Lipinski definition) is 0. The van der Waals surface area contributed by atoms with E-state index in [0.29, 0.717) is 0 Å². The molecule has 0 N–H and O–H groups in total. The van der Waals surface area contributed by atoms with Crippen molar-refractivity contribution in [1.29, 1.82) is 0 Å². The fourth-order valence-corrected chi connectivity index (χ4v) is 0.921. The molecule has 11 heavy (non-hydrogen) atoms. The van der Waals surface area contributed by atoms with Crippen molar-refractivity contribution in [2.45, 2.75) is 20.8 Å². The lowest BCUT2D eigenvalue weighted by atomic mass is 10.2. The Hall–Kier alpha value is -0.580. The lowest BCUT2D eigenvalue weighted by molar-refractivity contribution is -0.122. The van der Waals surface area contributed by atoms with Crippen LogP contribution in [-0.4, -0.2) is 20.1 Å². The van der Waals surface area contributed by atoms with Gasteiger partial charge in [0.25, 0.3) is 15.9 Å². The molecule has 5 heteroatoms. The van der Waals surface area contributed by atoms with E-state index in [2.05, 4.69) is 4.72 Å². The molecule has 0 aliphatic carbocycles. The molecule has 0 spiro atoms. The van der Waals surface area contributed by atoms with Gasteiger partial charge in [-0.2, -0.15) is 0 Å². The molecule has 0 rings (SSSR count). The van der Waals surface area contributed by atoms with E-state index in [4.69, 9.17) is 0 Å². The molecule has 65 valence electrons. The highest BCUT2D eigenvalue weighted by Gasteiger charge is 2.17. The SMILES string of the molecule is CCS(=O)(=O)[N]C(=O)C(C)C. The molecule has 0 bridgehead atoms. The van der Waals surface area contributed by atoms with Crippen molar-refractivity contribution in [3.63, 3.8) is 0 Å². The molecule has 0 heterocycles. The normalized spacial score (nSPS) is 11.6. The van der Waals surface area contributed by atoms with Crippen LogP contribution in [-0.2, 0) is 14.8 Å². The fraction of sp³-hybridized carbons (Fsp3) is 0.833. The molecule has 1 radical (unpaired) electrons. The molecular formula is C6H12NO3S. The molecule has 0 aromatic heterocycles. The summed E-state index contributed by atoms with van der Waals surface area (Å²) >= 11 is 0.